The molecule has 3 rings (SSSR count). The maximum atomic E-state index is 13.8. The van der Waals surface area contributed by atoms with Crippen LogP contribution < -0.4 is 5.32 Å². The van der Waals surface area contributed by atoms with Gasteiger partial charge in [0.1, 0.15) is 23.2 Å². The van der Waals surface area contributed by atoms with E-state index in [0.29, 0.717) is 12.8 Å². The first-order valence-electron chi connectivity index (χ1n) is 7.68. The fourth-order valence-corrected chi connectivity index (χ4v) is 3.99. The summed E-state index contributed by atoms with van der Waals surface area (Å²) < 4.78 is 26.8. The van der Waals surface area contributed by atoms with Crippen LogP contribution in [0.25, 0.3) is 0 Å². The standard InChI is InChI=1S/C16H15F2N3O3S/c17-9-1-2-13(11(18)5-9)25-10-6-12(21(7-10)15(23)24)14(22)20-16(8-19)3-4-16/h1-2,5,10,12H,3-4,6-7H2,(H,20,22)(H,23,24)/t10-,12+/m1/s1. The van der Waals surface area contributed by atoms with Crippen LogP contribution in [0, 0.1) is 23.0 Å². The van der Waals surface area contributed by atoms with Gasteiger partial charge in [0.05, 0.1) is 6.07 Å². The van der Waals surface area contributed by atoms with Gasteiger partial charge in [-0.3, -0.25) is 9.69 Å². The van der Waals surface area contributed by atoms with Crippen molar-refractivity contribution in [2.24, 2.45) is 0 Å². The number of benzene rings is 1. The maximum Gasteiger partial charge on any atom is 0.408 e. The van der Waals surface area contributed by atoms with Crippen LogP contribution >= 0.6 is 11.8 Å². The number of carbonyl (C=O) groups is 2. The summed E-state index contributed by atoms with van der Waals surface area (Å²) in [5.74, 6) is -1.92. The van der Waals surface area contributed by atoms with Crippen molar-refractivity contribution in [1.29, 1.82) is 5.26 Å². The van der Waals surface area contributed by atoms with Gasteiger partial charge in [-0.25, -0.2) is 13.6 Å². The molecule has 6 nitrogen and oxygen atoms in total. The van der Waals surface area contributed by atoms with E-state index in [2.05, 4.69) is 5.32 Å². The molecule has 1 aromatic rings. The summed E-state index contributed by atoms with van der Waals surface area (Å²) in [7, 11) is 0. The van der Waals surface area contributed by atoms with Crippen LogP contribution in [0.15, 0.2) is 23.1 Å². The summed E-state index contributed by atoms with van der Waals surface area (Å²) in [6, 6.07) is 4.29. The van der Waals surface area contributed by atoms with Gasteiger partial charge in [0.2, 0.25) is 5.91 Å². The van der Waals surface area contributed by atoms with Gasteiger partial charge < -0.3 is 10.4 Å². The summed E-state index contributed by atoms with van der Waals surface area (Å²) in [4.78, 5) is 25.0. The average molecular weight is 367 g/mol. The predicted octanol–water partition coefficient (Wildman–Crippen LogP) is 2.35. The molecule has 1 heterocycles. The van der Waals surface area contributed by atoms with Gasteiger partial charge in [-0.1, -0.05) is 0 Å². The van der Waals surface area contributed by atoms with Crippen molar-refractivity contribution in [3.8, 4) is 6.07 Å². The van der Waals surface area contributed by atoms with E-state index in [1.165, 1.54) is 6.07 Å². The molecule has 2 fully saturated rings. The minimum absolute atomic E-state index is 0.0501. The average Bonchev–Trinajstić information content (AvgIpc) is 3.19. The third-order valence-electron chi connectivity index (χ3n) is 4.33. The summed E-state index contributed by atoms with van der Waals surface area (Å²) in [5.41, 5.74) is -0.879. The Bertz CT molecular complexity index is 763. The Kier molecular flexibility index (Phi) is 4.56. The SMILES string of the molecule is N#CC1(NC(=O)[C@@H]2C[C@@H](Sc3ccc(F)cc3F)CN2C(=O)O)CC1. The lowest BCUT2D eigenvalue weighted by Gasteiger charge is -2.21. The van der Waals surface area contributed by atoms with Crippen molar-refractivity contribution < 1.29 is 23.5 Å². The fourth-order valence-electron chi connectivity index (χ4n) is 2.80. The van der Waals surface area contributed by atoms with E-state index in [4.69, 9.17) is 5.26 Å². The van der Waals surface area contributed by atoms with Crippen LogP contribution in [0.5, 0.6) is 0 Å². The van der Waals surface area contributed by atoms with Crippen LogP contribution in [-0.2, 0) is 4.79 Å². The summed E-state index contributed by atoms with van der Waals surface area (Å²) in [5, 5.41) is 20.6. The van der Waals surface area contributed by atoms with Gasteiger partial charge in [-0.2, -0.15) is 5.26 Å². The molecule has 1 aliphatic carbocycles. The number of likely N-dealkylation sites (tertiary alicyclic amines) is 1. The van der Waals surface area contributed by atoms with E-state index in [1.54, 1.807) is 0 Å². The zero-order chi connectivity index (χ0) is 18.2. The molecule has 0 aromatic heterocycles. The van der Waals surface area contributed by atoms with Crippen molar-refractivity contribution in [1.82, 2.24) is 10.2 Å². The lowest BCUT2D eigenvalue weighted by atomic mass is 10.2. The quantitative estimate of drug-likeness (QED) is 0.852. The molecule has 1 saturated heterocycles. The Hall–Kier alpha value is -2.34. The van der Waals surface area contributed by atoms with E-state index < -0.39 is 35.2 Å². The van der Waals surface area contributed by atoms with Crippen LogP contribution in [0.1, 0.15) is 19.3 Å². The van der Waals surface area contributed by atoms with Crippen LogP contribution in [0.3, 0.4) is 0 Å². The van der Waals surface area contributed by atoms with Gasteiger partial charge in [0.15, 0.2) is 0 Å². The molecule has 9 heteroatoms. The molecular weight excluding hydrogens is 352 g/mol. The lowest BCUT2D eigenvalue weighted by Crippen LogP contribution is -2.49. The van der Waals surface area contributed by atoms with E-state index in [-0.39, 0.29) is 23.1 Å². The van der Waals surface area contributed by atoms with E-state index in [9.17, 15) is 23.5 Å². The first kappa shape index (κ1) is 17.5. The normalized spacial score (nSPS) is 23.8. The van der Waals surface area contributed by atoms with Crippen molar-refractivity contribution >= 4 is 23.8 Å². The van der Waals surface area contributed by atoms with Crippen molar-refractivity contribution in [3.63, 3.8) is 0 Å². The van der Waals surface area contributed by atoms with Gasteiger partial charge >= 0.3 is 6.09 Å². The number of amides is 2. The molecule has 0 radical (unpaired) electrons. The zero-order valence-corrected chi connectivity index (χ0v) is 13.9. The zero-order valence-electron chi connectivity index (χ0n) is 13.0. The lowest BCUT2D eigenvalue weighted by molar-refractivity contribution is -0.125. The molecule has 0 unspecified atom stereocenters. The molecule has 0 spiro atoms. The van der Waals surface area contributed by atoms with Gasteiger partial charge in [0, 0.05) is 22.8 Å². The molecule has 2 amide bonds. The second kappa shape index (κ2) is 6.52. The molecule has 1 saturated carbocycles. The topological polar surface area (TPSA) is 93.4 Å². The number of thioether (sulfide) groups is 1. The molecule has 132 valence electrons. The van der Waals surface area contributed by atoms with Crippen LogP contribution in [0.2, 0.25) is 0 Å². The first-order chi connectivity index (χ1) is 11.8. The Labute approximate surface area is 146 Å². The van der Waals surface area contributed by atoms with Gasteiger partial charge in [-0.15, -0.1) is 11.8 Å². The second-order valence-corrected chi connectivity index (χ2v) is 7.53. The maximum absolute atomic E-state index is 13.8. The largest absolute Gasteiger partial charge is 0.465 e. The van der Waals surface area contributed by atoms with Gasteiger partial charge in [-0.05, 0) is 31.4 Å². The number of nitrogens with one attached hydrogen (secondary N) is 1. The first-order valence-corrected chi connectivity index (χ1v) is 8.56. The summed E-state index contributed by atoms with van der Waals surface area (Å²) in [6.07, 6.45) is 0.0491. The summed E-state index contributed by atoms with van der Waals surface area (Å²) in [6.45, 7) is 0.0501. The smallest absolute Gasteiger partial charge is 0.408 e. The third-order valence-corrected chi connectivity index (χ3v) is 5.58. The number of hydrogen-bond donors (Lipinski definition) is 2. The molecule has 1 aromatic carbocycles. The monoisotopic (exact) mass is 367 g/mol. The van der Waals surface area contributed by atoms with E-state index >= 15 is 0 Å². The van der Waals surface area contributed by atoms with Crippen molar-refractivity contribution in [3.05, 3.63) is 29.8 Å². The number of carbonyl (C=O) groups excluding carboxylic acids is 1. The van der Waals surface area contributed by atoms with E-state index in [0.717, 1.165) is 28.8 Å². The highest BCUT2D eigenvalue weighted by Crippen LogP contribution is 2.37. The highest BCUT2D eigenvalue weighted by Gasteiger charge is 2.48. The Morgan fingerprint density at radius 1 is 1.40 bits per heavy atom. The van der Waals surface area contributed by atoms with Gasteiger partial charge in [0.25, 0.3) is 0 Å². The molecular formula is C16H15F2N3O3S. The molecule has 2 atom stereocenters. The Balaban J connectivity index is 1.71. The number of hydrogen-bond acceptors (Lipinski definition) is 4. The summed E-state index contributed by atoms with van der Waals surface area (Å²) >= 11 is 1.08. The highest BCUT2D eigenvalue weighted by atomic mass is 32.2. The fraction of sp³-hybridized carbons (Fsp3) is 0.438. The number of halogens is 2. The van der Waals surface area contributed by atoms with Crippen molar-refractivity contribution in [2.75, 3.05) is 6.54 Å². The molecule has 0 bridgehead atoms. The van der Waals surface area contributed by atoms with Crippen LogP contribution in [0.4, 0.5) is 13.6 Å². The number of nitriles is 1. The minimum Gasteiger partial charge on any atom is -0.465 e. The molecule has 25 heavy (non-hydrogen) atoms. The number of nitrogens with zero attached hydrogens (tertiary/aromatic N) is 2. The Morgan fingerprint density at radius 3 is 2.68 bits per heavy atom. The number of carboxylic acid groups (broad SMARTS) is 1. The Morgan fingerprint density at radius 2 is 2.12 bits per heavy atom. The minimum atomic E-state index is -1.25. The molecule has 1 aliphatic heterocycles. The third kappa shape index (κ3) is 3.69. The van der Waals surface area contributed by atoms with Crippen LogP contribution in [-0.4, -0.2) is 45.4 Å². The molecule has 2 N–H and O–H groups in total. The molecule has 2 aliphatic rings. The predicted molar refractivity (Wildman–Crippen MR) is 84.9 cm³/mol. The highest BCUT2D eigenvalue weighted by molar-refractivity contribution is 8.00. The van der Waals surface area contributed by atoms with Crippen molar-refractivity contribution in [2.45, 2.75) is 41.0 Å². The van der Waals surface area contributed by atoms with E-state index in [1.807, 2.05) is 6.07 Å². The number of rotatable bonds is 4. The second-order valence-electron chi connectivity index (χ2n) is 6.18.